The van der Waals surface area contributed by atoms with Crippen molar-refractivity contribution in [2.75, 3.05) is 0 Å². The van der Waals surface area contributed by atoms with E-state index < -0.39 is 0 Å². The molecule has 0 atom stereocenters. The molecule has 0 spiro atoms. The molecule has 0 aromatic heterocycles. The van der Waals surface area contributed by atoms with Gasteiger partial charge in [0.25, 0.3) is 0 Å². The normalized spacial score (nSPS) is 16.2. The van der Waals surface area contributed by atoms with Crippen LogP contribution in [-0.4, -0.2) is 14.6 Å². The van der Waals surface area contributed by atoms with Crippen molar-refractivity contribution >= 4 is 50.7 Å². The third-order valence-electron chi connectivity index (χ3n) is 4.96. The van der Waals surface area contributed by atoms with Crippen LogP contribution >= 0.6 is 35.1 Å². The first-order valence-electron chi connectivity index (χ1n) is 10.1. The zero-order valence-electron chi connectivity index (χ0n) is 18.7. The summed E-state index contributed by atoms with van der Waals surface area (Å²) in [6, 6.07) is 11.6. The largest absolute Gasteiger partial charge is 0.507 e. The zero-order chi connectivity index (χ0) is 23.0. The number of hydrogen-bond donors (Lipinski definition) is 1. The van der Waals surface area contributed by atoms with Crippen LogP contribution in [0.25, 0.3) is 6.08 Å². The molecule has 1 aliphatic heterocycles. The van der Waals surface area contributed by atoms with Gasteiger partial charge in [-0.05, 0) is 58.0 Å². The molecule has 2 aromatic carbocycles. The Balaban J connectivity index is 1.93. The van der Waals surface area contributed by atoms with Crippen molar-refractivity contribution in [3.8, 4) is 5.75 Å². The average Bonchev–Trinajstić information content (AvgIpc) is 3.00. The second kappa shape index (κ2) is 9.05. The minimum atomic E-state index is -0.230. The number of benzene rings is 2. The molecule has 2 aromatic rings. The molecule has 1 heterocycles. The molecule has 0 radical (unpaired) electrons. The molecule has 0 fully saturated rings. The predicted octanol–water partition coefficient (Wildman–Crippen LogP) is 7.54. The second-order valence-corrected chi connectivity index (χ2v) is 12.2. The van der Waals surface area contributed by atoms with Crippen LogP contribution in [0.3, 0.4) is 0 Å². The van der Waals surface area contributed by atoms with Gasteiger partial charge >= 0.3 is 0 Å². The Morgan fingerprint density at radius 2 is 1.65 bits per heavy atom. The molecule has 164 valence electrons. The number of halogens is 1. The number of aliphatic imine (C=N–C) groups is 1. The first-order chi connectivity index (χ1) is 14.4. The maximum Gasteiger partial charge on any atom is 0.244 e. The fourth-order valence-electron chi connectivity index (χ4n) is 3.25. The summed E-state index contributed by atoms with van der Waals surface area (Å²) in [6.07, 6.45) is 1.82. The van der Waals surface area contributed by atoms with E-state index in [0.29, 0.717) is 22.2 Å². The summed E-state index contributed by atoms with van der Waals surface area (Å²) in [5, 5.41) is 11.6. The molecule has 31 heavy (non-hydrogen) atoms. The van der Waals surface area contributed by atoms with Crippen molar-refractivity contribution in [2.24, 2.45) is 4.99 Å². The van der Waals surface area contributed by atoms with Crippen molar-refractivity contribution in [1.29, 1.82) is 0 Å². The highest BCUT2D eigenvalue weighted by molar-refractivity contribution is 8.45. The molecule has 0 bridgehead atoms. The zero-order valence-corrected chi connectivity index (χ0v) is 21.1. The van der Waals surface area contributed by atoms with Gasteiger partial charge in [-0.1, -0.05) is 83.1 Å². The molecule has 0 unspecified atom stereocenters. The van der Waals surface area contributed by atoms with E-state index in [4.69, 9.17) is 11.6 Å². The summed E-state index contributed by atoms with van der Waals surface area (Å²) >= 11 is 8.90. The Hall–Kier alpha value is -1.69. The lowest BCUT2D eigenvalue weighted by Crippen LogP contribution is -2.17. The highest BCUT2D eigenvalue weighted by Gasteiger charge is 2.27. The van der Waals surface area contributed by atoms with Gasteiger partial charge < -0.3 is 5.11 Å². The van der Waals surface area contributed by atoms with Crippen molar-refractivity contribution in [1.82, 2.24) is 0 Å². The Bertz CT molecular complexity index is 1040. The third-order valence-corrected chi connectivity index (χ3v) is 7.39. The maximum atomic E-state index is 12.6. The van der Waals surface area contributed by atoms with Crippen molar-refractivity contribution in [3.05, 3.63) is 69.4 Å². The third kappa shape index (κ3) is 5.76. The molecule has 1 N–H and O–H groups in total. The van der Waals surface area contributed by atoms with E-state index in [1.165, 1.54) is 11.8 Å². The fourth-order valence-corrected chi connectivity index (χ4v) is 5.37. The summed E-state index contributed by atoms with van der Waals surface area (Å²) in [5.74, 6) is 0.988. The smallest absolute Gasteiger partial charge is 0.244 e. The number of nitrogens with zero attached hydrogens (tertiary/aromatic N) is 1. The van der Waals surface area contributed by atoms with Crippen LogP contribution in [0.2, 0.25) is 5.02 Å². The molecule has 3 nitrogen and oxygen atoms in total. The van der Waals surface area contributed by atoms with Gasteiger partial charge in [0.1, 0.15) is 15.8 Å². The number of phenolic OH excluding ortho intramolecular Hbond substituents is 1. The van der Waals surface area contributed by atoms with E-state index in [1.54, 1.807) is 0 Å². The van der Waals surface area contributed by atoms with Gasteiger partial charge in [-0.15, -0.1) is 0 Å². The Morgan fingerprint density at radius 3 is 2.19 bits per heavy atom. The van der Waals surface area contributed by atoms with Crippen LogP contribution in [0.15, 0.2) is 47.1 Å². The van der Waals surface area contributed by atoms with E-state index >= 15 is 0 Å². The predicted molar refractivity (Wildman–Crippen MR) is 136 cm³/mol. The highest BCUT2D eigenvalue weighted by atomic mass is 35.5. The van der Waals surface area contributed by atoms with Crippen LogP contribution in [0, 0.1) is 0 Å². The lowest BCUT2D eigenvalue weighted by Gasteiger charge is -2.27. The number of rotatable bonds is 3. The van der Waals surface area contributed by atoms with Crippen LogP contribution in [0.5, 0.6) is 5.75 Å². The minimum absolute atomic E-state index is 0.0654. The summed E-state index contributed by atoms with van der Waals surface area (Å²) in [4.78, 5) is 17.2. The number of aromatic hydroxyl groups is 1. The number of thioether (sulfide) groups is 2. The Kier molecular flexibility index (Phi) is 6.99. The Morgan fingerprint density at radius 1 is 1.06 bits per heavy atom. The van der Waals surface area contributed by atoms with Gasteiger partial charge in [-0.25, -0.2) is 4.99 Å². The van der Waals surface area contributed by atoms with Crippen LogP contribution in [0.4, 0.5) is 0 Å². The molecule has 0 saturated heterocycles. The average molecular weight is 474 g/mol. The lowest BCUT2D eigenvalue weighted by molar-refractivity contribution is -0.107. The van der Waals surface area contributed by atoms with Crippen molar-refractivity contribution in [2.45, 2.75) is 58.1 Å². The lowest BCUT2D eigenvalue weighted by atomic mass is 9.78. The van der Waals surface area contributed by atoms with E-state index in [1.807, 2.05) is 42.5 Å². The number of hydrogen-bond acceptors (Lipinski definition) is 5. The SMILES string of the molecule is CC(C)(C)c1cc(/C=C2/N=C(SCc3ccccc3Cl)SC2=O)cc(C(C)(C)C)c1O. The quantitative estimate of drug-likeness (QED) is 0.467. The standard InChI is InChI=1S/C25H28ClNO2S2/c1-24(2,3)17-11-15(12-18(21(17)28)25(4,5)6)13-20-22(29)31-23(27-20)30-14-16-9-7-8-10-19(16)26/h7-13,28H,14H2,1-6H3/b20-13+. The first-order valence-corrected chi connectivity index (χ1v) is 12.3. The molecule has 0 amide bonds. The van der Waals surface area contributed by atoms with Crippen LogP contribution < -0.4 is 0 Å². The van der Waals surface area contributed by atoms with Gasteiger partial charge in [0.2, 0.25) is 5.12 Å². The van der Waals surface area contributed by atoms with E-state index in [-0.39, 0.29) is 15.9 Å². The first kappa shape index (κ1) is 24.0. The minimum Gasteiger partial charge on any atom is -0.507 e. The monoisotopic (exact) mass is 473 g/mol. The fraction of sp³-hybridized carbons (Fsp3) is 0.360. The molecule has 6 heteroatoms. The van der Waals surface area contributed by atoms with Gasteiger partial charge in [-0.3, -0.25) is 4.79 Å². The highest BCUT2D eigenvalue weighted by Crippen LogP contribution is 2.41. The van der Waals surface area contributed by atoms with Gasteiger partial charge in [-0.2, -0.15) is 0 Å². The summed E-state index contributed by atoms with van der Waals surface area (Å²) in [6.45, 7) is 12.4. The molecular weight excluding hydrogens is 446 g/mol. The molecule has 3 rings (SSSR count). The van der Waals surface area contributed by atoms with Crippen LogP contribution in [0.1, 0.15) is 63.8 Å². The van der Waals surface area contributed by atoms with E-state index in [9.17, 15) is 9.90 Å². The van der Waals surface area contributed by atoms with Crippen LogP contribution in [-0.2, 0) is 21.4 Å². The van der Waals surface area contributed by atoms with E-state index in [0.717, 1.165) is 38.4 Å². The number of carbonyl (C=O) groups is 1. The Labute approximate surface area is 198 Å². The second-order valence-electron chi connectivity index (χ2n) is 9.64. The van der Waals surface area contributed by atoms with Gasteiger partial charge in [0.05, 0.1) is 0 Å². The van der Waals surface area contributed by atoms with Crippen molar-refractivity contribution in [3.63, 3.8) is 0 Å². The van der Waals surface area contributed by atoms with Gasteiger partial charge in [0, 0.05) is 21.9 Å². The molecular formula is C25H28ClNO2S2. The molecule has 0 aliphatic carbocycles. The maximum absolute atomic E-state index is 12.6. The van der Waals surface area contributed by atoms with Gasteiger partial charge in [0.15, 0.2) is 0 Å². The summed E-state index contributed by atoms with van der Waals surface area (Å²) in [5.41, 5.74) is 3.59. The number of carbonyl (C=O) groups excluding carboxylic acids is 1. The summed E-state index contributed by atoms with van der Waals surface area (Å²) in [7, 11) is 0. The summed E-state index contributed by atoms with van der Waals surface area (Å²) < 4.78 is 0.724. The molecule has 0 saturated carbocycles. The van der Waals surface area contributed by atoms with E-state index in [2.05, 4.69) is 46.5 Å². The molecule has 1 aliphatic rings. The number of phenols is 1. The van der Waals surface area contributed by atoms with Crippen molar-refractivity contribution < 1.29 is 9.90 Å². The topological polar surface area (TPSA) is 49.7 Å².